The minimum Gasteiger partial charge on any atom is -0.344 e. The zero-order valence-corrected chi connectivity index (χ0v) is 11.8. The van der Waals surface area contributed by atoms with Gasteiger partial charge < -0.3 is 4.57 Å². The van der Waals surface area contributed by atoms with Crippen LogP contribution in [0, 0.1) is 6.42 Å². The summed E-state index contributed by atoms with van der Waals surface area (Å²) < 4.78 is 3.67. The van der Waals surface area contributed by atoms with Crippen molar-refractivity contribution in [3.8, 4) is 0 Å². The van der Waals surface area contributed by atoms with Gasteiger partial charge in [0.15, 0.2) is 0 Å². The first-order chi connectivity index (χ1) is 8.31. The van der Waals surface area contributed by atoms with Gasteiger partial charge in [-0.1, -0.05) is 28.9 Å². The lowest BCUT2D eigenvalue weighted by Gasteiger charge is -2.15. The first-order valence-corrected chi connectivity index (χ1v) is 7.18. The molecule has 1 nitrogen and oxygen atoms in total. The van der Waals surface area contributed by atoms with Gasteiger partial charge in [-0.05, 0) is 49.8 Å². The molecule has 0 unspecified atom stereocenters. The van der Waals surface area contributed by atoms with Gasteiger partial charge in [0.05, 0.1) is 0 Å². The number of halogens is 1. The summed E-state index contributed by atoms with van der Waals surface area (Å²) in [5, 5.41) is 1.46. The van der Waals surface area contributed by atoms with E-state index in [0.717, 1.165) is 6.54 Å². The molecular weight excluding hydrogens is 274 g/mol. The highest BCUT2D eigenvalue weighted by atomic mass is 79.9. The van der Waals surface area contributed by atoms with E-state index in [4.69, 9.17) is 0 Å². The molecule has 1 radical (unpaired) electrons. The van der Waals surface area contributed by atoms with Crippen LogP contribution in [0.3, 0.4) is 0 Å². The molecule has 1 aromatic carbocycles. The Morgan fingerprint density at radius 3 is 2.94 bits per heavy atom. The maximum atomic E-state index is 3.59. The number of fused-ring (bicyclic) bond motifs is 3. The first kappa shape index (κ1) is 11.3. The summed E-state index contributed by atoms with van der Waals surface area (Å²) in [6.07, 6.45) is 7.43. The van der Waals surface area contributed by atoms with Crippen LogP contribution in [0.25, 0.3) is 10.9 Å². The van der Waals surface area contributed by atoms with Crippen molar-refractivity contribution in [2.45, 2.75) is 39.2 Å². The van der Waals surface area contributed by atoms with E-state index in [-0.39, 0.29) is 0 Å². The monoisotopic (exact) mass is 290 g/mol. The molecule has 17 heavy (non-hydrogen) atoms. The Morgan fingerprint density at radius 2 is 2.12 bits per heavy atom. The van der Waals surface area contributed by atoms with E-state index in [1.54, 1.807) is 11.3 Å². The average Bonchev–Trinajstić information content (AvgIpc) is 2.65. The summed E-state index contributed by atoms with van der Waals surface area (Å²) in [7, 11) is 0. The SMILES string of the molecule is C[CH]Cn1c2c(c3ccc(Br)cc31)CCCC2. The van der Waals surface area contributed by atoms with Crippen molar-refractivity contribution >= 4 is 26.8 Å². The largest absolute Gasteiger partial charge is 0.344 e. The fourth-order valence-electron chi connectivity index (χ4n) is 3.00. The normalized spacial score (nSPS) is 15.2. The second-order valence-electron chi connectivity index (χ2n) is 4.81. The van der Waals surface area contributed by atoms with Crippen molar-refractivity contribution in [2.24, 2.45) is 0 Å². The van der Waals surface area contributed by atoms with Crippen LogP contribution in [0.2, 0.25) is 0 Å². The van der Waals surface area contributed by atoms with Crippen LogP contribution in [0.5, 0.6) is 0 Å². The van der Waals surface area contributed by atoms with Crippen molar-refractivity contribution < 1.29 is 0 Å². The van der Waals surface area contributed by atoms with E-state index in [1.807, 2.05) is 0 Å². The molecule has 1 aliphatic carbocycles. The topological polar surface area (TPSA) is 4.93 Å². The molecule has 89 valence electrons. The third kappa shape index (κ3) is 1.83. The highest BCUT2D eigenvalue weighted by Crippen LogP contribution is 2.33. The summed E-state index contributed by atoms with van der Waals surface area (Å²) >= 11 is 3.59. The fraction of sp³-hybridized carbons (Fsp3) is 0.400. The molecule has 0 saturated heterocycles. The van der Waals surface area contributed by atoms with Gasteiger partial charge in [-0.25, -0.2) is 0 Å². The molecule has 1 aromatic heterocycles. The fourth-order valence-corrected chi connectivity index (χ4v) is 3.35. The van der Waals surface area contributed by atoms with E-state index in [1.165, 1.54) is 41.1 Å². The quantitative estimate of drug-likeness (QED) is 0.767. The maximum absolute atomic E-state index is 3.59. The molecule has 0 saturated carbocycles. The van der Waals surface area contributed by atoms with Gasteiger partial charge in [0.25, 0.3) is 0 Å². The molecule has 0 spiro atoms. The minimum absolute atomic E-state index is 1.03. The van der Waals surface area contributed by atoms with Crippen LogP contribution >= 0.6 is 15.9 Å². The summed E-state index contributed by atoms with van der Waals surface area (Å²) in [6, 6.07) is 6.70. The van der Waals surface area contributed by atoms with E-state index in [0.29, 0.717) is 0 Å². The second-order valence-corrected chi connectivity index (χ2v) is 5.73. The summed E-state index contributed by atoms with van der Waals surface area (Å²) in [5.41, 5.74) is 4.56. The molecule has 0 amide bonds. The Balaban J connectivity index is 2.29. The van der Waals surface area contributed by atoms with Gasteiger partial charge in [-0.3, -0.25) is 0 Å². The Hall–Kier alpha value is -0.760. The molecule has 2 heteroatoms. The molecule has 0 N–H and O–H groups in total. The Labute approximate surface area is 111 Å². The summed E-state index contributed by atoms with van der Waals surface area (Å²) in [6.45, 7) is 3.17. The predicted molar refractivity (Wildman–Crippen MR) is 76.3 cm³/mol. The van der Waals surface area contributed by atoms with E-state index in [2.05, 4.69) is 52.0 Å². The molecule has 0 fully saturated rings. The number of hydrogen-bond donors (Lipinski definition) is 0. The zero-order valence-electron chi connectivity index (χ0n) is 10.2. The Morgan fingerprint density at radius 1 is 1.29 bits per heavy atom. The molecule has 0 bridgehead atoms. The number of aryl methyl sites for hydroxylation is 1. The highest BCUT2D eigenvalue weighted by molar-refractivity contribution is 9.10. The highest BCUT2D eigenvalue weighted by Gasteiger charge is 2.19. The third-order valence-electron chi connectivity index (χ3n) is 3.71. The maximum Gasteiger partial charge on any atom is 0.0496 e. The first-order valence-electron chi connectivity index (χ1n) is 6.38. The predicted octanol–water partition coefficient (Wildman–Crippen LogP) is 4.51. The van der Waals surface area contributed by atoms with E-state index in [9.17, 15) is 0 Å². The van der Waals surface area contributed by atoms with Crippen molar-refractivity contribution in [2.75, 3.05) is 0 Å². The van der Waals surface area contributed by atoms with Gasteiger partial charge in [-0.2, -0.15) is 0 Å². The van der Waals surface area contributed by atoms with Crippen molar-refractivity contribution in [1.29, 1.82) is 0 Å². The lowest BCUT2D eigenvalue weighted by molar-refractivity contribution is 0.634. The van der Waals surface area contributed by atoms with Crippen LogP contribution in [0.15, 0.2) is 22.7 Å². The number of benzene rings is 1. The van der Waals surface area contributed by atoms with Crippen LogP contribution in [-0.2, 0) is 19.4 Å². The van der Waals surface area contributed by atoms with Crippen LogP contribution in [0.4, 0.5) is 0 Å². The van der Waals surface area contributed by atoms with Crippen molar-refractivity contribution in [3.63, 3.8) is 0 Å². The summed E-state index contributed by atoms with van der Waals surface area (Å²) in [5.74, 6) is 0. The average molecular weight is 291 g/mol. The molecule has 3 rings (SSSR count). The zero-order chi connectivity index (χ0) is 11.8. The van der Waals surface area contributed by atoms with Crippen molar-refractivity contribution in [3.05, 3.63) is 40.4 Å². The standard InChI is InChI=1S/C15H17BrN/c1-2-9-17-14-6-4-3-5-12(14)13-8-7-11(16)10-15(13)17/h2,7-8,10H,3-6,9H2,1H3. The molecular formula is C15H17BrN. The van der Waals surface area contributed by atoms with E-state index < -0.39 is 0 Å². The number of aromatic nitrogens is 1. The third-order valence-corrected chi connectivity index (χ3v) is 4.20. The van der Waals surface area contributed by atoms with Crippen LogP contribution in [-0.4, -0.2) is 4.57 Å². The Kier molecular flexibility index (Phi) is 2.99. The molecule has 1 heterocycles. The van der Waals surface area contributed by atoms with Gasteiger partial charge in [-0.15, -0.1) is 0 Å². The van der Waals surface area contributed by atoms with Gasteiger partial charge in [0, 0.05) is 27.6 Å². The van der Waals surface area contributed by atoms with Gasteiger partial charge in [0.1, 0.15) is 0 Å². The number of rotatable bonds is 2. The lowest BCUT2D eigenvalue weighted by Crippen LogP contribution is -2.08. The minimum atomic E-state index is 1.03. The molecule has 1 aliphatic rings. The Bertz CT molecular complexity index is 554. The molecule has 2 aromatic rings. The smallest absolute Gasteiger partial charge is 0.0496 e. The van der Waals surface area contributed by atoms with E-state index >= 15 is 0 Å². The van der Waals surface area contributed by atoms with Crippen LogP contribution in [0.1, 0.15) is 31.0 Å². The number of hydrogen-bond acceptors (Lipinski definition) is 0. The number of nitrogens with zero attached hydrogens (tertiary/aromatic N) is 1. The lowest BCUT2D eigenvalue weighted by atomic mass is 9.95. The molecule has 0 aliphatic heterocycles. The summed E-state index contributed by atoms with van der Waals surface area (Å²) in [4.78, 5) is 0. The molecule has 0 atom stereocenters. The second kappa shape index (κ2) is 4.49. The van der Waals surface area contributed by atoms with Gasteiger partial charge in [0.2, 0.25) is 0 Å². The van der Waals surface area contributed by atoms with Crippen molar-refractivity contribution in [1.82, 2.24) is 4.57 Å². The van der Waals surface area contributed by atoms with Crippen LogP contribution < -0.4 is 0 Å². The van der Waals surface area contributed by atoms with Gasteiger partial charge >= 0.3 is 0 Å².